The van der Waals surface area contributed by atoms with E-state index >= 15 is 0 Å². The van der Waals surface area contributed by atoms with E-state index in [1.807, 2.05) is 0 Å². The monoisotopic (exact) mass is 239 g/mol. The third-order valence-corrected chi connectivity index (χ3v) is 2.58. The fourth-order valence-corrected chi connectivity index (χ4v) is 1.54. The Bertz CT molecular complexity index is 307. The lowest BCUT2D eigenvalue weighted by Crippen LogP contribution is -2.23. The first-order valence-electron chi connectivity index (χ1n) is 6.62. The summed E-state index contributed by atoms with van der Waals surface area (Å²) in [6.07, 6.45) is 3.96. The van der Waals surface area contributed by atoms with Crippen LogP contribution in [0.25, 0.3) is 0 Å². The average molecular weight is 239 g/mol. The third-order valence-electron chi connectivity index (χ3n) is 2.58. The van der Waals surface area contributed by atoms with Crippen molar-refractivity contribution in [3.63, 3.8) is 0 Å². The minimum absolute atomic E-state index is 0.541. The van der Waals surface area contributed by atoms with Gasteiger partial charge in [0.25, 0.3) is 0 Å². The summed E-state index contributed by atoms with van der Waals surface area (Å²) in [6.45, 7) is 9.71. The predicted octanol–water partition coefficient (Wildman–Crippen LogP) is 2.59. The highest BCUT2D eigenvalue weighted by Gasteiger charge is 2.06. The van der Waals surface area contributed by atoms with Crippen LogP contribution in [-0.4, -0.2) is 22.7 Å². The van der Waals surface area contributed by atoms with E-state index in [-0.39, 0.29) is 0 Å². The molecule has 0 amide bonds. The van der Waals surface area contributed by atoms with Gasteiger partial charge in [-0.2, -0.15) is 4.98 Å². The number of aryl methyl sites for hydroxylation is 2. The SMILES string of the molecule is CC(C)CCc1noc(CCCNC(C)C)n1. The van der Waals surface area contributed by atoms with E-state index in [9.17, 15) is 0 Å². The third kappa shape index (κ3) is 6.41. The molecule has 0 atom stereocenters. The van der Waals surface area contributed by atoms with Crippen LogP contribution in [0.4, 0.5) is 0 Å². The van der Waals surface area contributed by atoms with Crippen LogP contribution < -0.4 is 5.32 Å². The Balaban J connectivity index is 2.21. The van der Waals surface area contributed by atoms with Crippen LogP contribution >= 0.6 is 0 Å². The molecule has 0 aliphatic carbocycles. The van der Waals surface area contributed by atoms with E-state index in [0.717, 1.165) is 43.9 Å². The zero-order valence-electron chi connectivity index (χ0n) is 11.5. The first kappa shape index (κ1) is 14.2. The van der Waals surface area contributed by atoms with Gasteiger partial charge in [0.05, 0.1) is 0 Å². The van der Waals surface area contributed by atoms with Crippen molar-refractivity contribution in [2.75, 3.05) is 6.54 Å². The van der Waals surface area contributed by atoms with Gasteiger partial charge in [-0.3, -0.25) is 0 Å². The van der Waals surface area contributed by atoms with E-state index in [1.165, 1.54) is 0 Å². The van der Waals surface area contributed by atoms with E-state index in [1.54, 1.807) is 0 Å². The Hall–Kier alpha value is -0.900. The van der Waals surface area contributed by atoms with Crippen LogP contribution in [0.2, 0.25) is 0 Å². The molecule has 0 saturated heterocycles. The van der Waals surface area contributed by atoms with Gasteiger partial charge < -0.3 is 9.84 Å². The fourth-order valence-electron chi connectivity index (χ4n) is 1.54. The molecular weight excluding hydrogens is 214 g/mol. The highest BCUT2D eigenvalue weighted by Crippen LogP contribution is 2.07. The predicted molar refractivity (Wildman–Crippen MR) is 68.9 cm³/mol. The molecule has 1 aromatic heterocycles. The van der Waals surface area contributed by atoms with Crippen molar-refractivity contribution in [3.05, 3.63) is 11.7 Å². The minimum atomic E-state index is 0.541. The molecule has 0 bridgehead atoms. The number of rotatable bonds is 8. The summed E-state index contributed by atoms with van der Waals surface area (Å²) in [6, 6.07) is 0.541. The zero-order valence-corrected chi connectivity index (χ0v) is 11.5. The maximum absolute atomic E-state index is 5.22. The van der Waals surface area contributed by atoms with Gasteiger partial charge >= 0.3 is 0 Å². The standard InChI is InChI=1S/C13H25N3O/c1-10(2)7-8-12-15-13(17-16-12)6-5-9-14-11(3)4/h10-11,14H,5-9H2,1-4H3. The molecule has 17 heavy (non-hydrogen) atoms. The summed E-state index contributed by atoms with van der Waals surface area (Å²) in [7, 11) is 0. The molecule has 98 valence electrons. The largest absolute Gasteiger partial charge is 0.339 e. The molecule has 0 aliphatic heterocycles. The van der Waals surface area contributed by atoms with Crippen molar-refractivity contribution in [2.45, 2.75) is 59.4 Å². The maximum atomic E-state index is 5.22. The van der Waals surface area contributed by atoms with Crippen LogP contribution in [0.15, 0.2) is 4.52 Å². The fraction of sp³-hybridized carbons (Fsp3) is 0.846. The van der Waals surface area contributed by atoms with Crippen molar-refractivity contribution >= 4 is 0 Å². The molecule has 0 spiro atoms. The van der Waals surface area contributed by atoms with Crippen molar-refractivity contribution < 1.29 is 4.52 Å². The first-order chi connectivity index (χ1) is 8.08. The van der Waals surface area contributed by atoms with Gasteiger partial charge in [-0.1, -0.05) is 32.9 Å². The van der Waals surface area contributed by atoms with Gasteiger partial charge in [0, 0.05) is 18.9 Å². The normalized spacial score (nSPS) is 11.6. The van der Waals surface area contributed by atoms with Crippen LogP contribution in [0.3, 0.4) is 0 Å². The molecule has 4 nitrogen and oxygen atoms in total. The Morgan fingerprint density at radius 2 is 1.94 bits per heavy atom. The summed E-state index contributed by atoms with van der Waals surface area (Å²) in [5, 5.41) is 7.37. The number of hydrogen-bond acceptors (Lipinski definition) is 4. The Kier molecular flexibility index (Phi) is 6.19. The number of aromatic nitrogens is 2. The molecule has 0 aromatic carbocycles. The molecule has 0 saturated carbocycles. The summed E-state index contributed by atoms with van der Waals surface area (Å²) in [5.41, 5.74) is 0. The number of hydrogen-bond donors (Lipinski definition) is 1. The average Bonchev–Trinajstić information content (AvgIpc) is 2.69. The van der Waals surface area contributed by atoms with Crippen LogP contribution in [0.5, 0.6) is 0 Å². The summed E-state index contributed by atoms with van der Waals surface area (Å²) in [4.78, 5) is 4.39. The van der Waals surface area contributed by atoms with Gasteiger partial charge in [0.1, 0.15) is 0 Å². The lowest BCUT2D eigenvalue weighted by atomic mass is 10.1. The van der Waals surface area contributed by atoms with E-state index in [0.29, 0.717) is 12.0 Å². The first-order valence-corrected chi connectivity index (χ1v) is 6.62. The van der Waals surface area contributed by atoms with E-state index in [4.69, 9.17) is 4.52 Å². The second kappa shape index (κ2) is 7.43. The summed E-state index contributed by atoms with van der Waals surface area (Å²) in [5.74, 6) is 2.31. The van der Waals surface area contributed by atoms with Gasteiger partial charge in [-0.25, -0.2) is 0 Å². The number of nitrogens with one attached hydrogen (secondary N) is 1. The molecule has 1 N–H and O–H groups in total. The Morgan fingerprint density at radius 3 is 2.59 bits per heavy atom. The smallest absolute Gasteiger partial charge is 0.226 e. The molecular formula is C13H25N3O. The van der Waals surface area contributed by atoms with E-state index < -0.39 is 0 Å². The van der Waals surface area contributed by atoms with Gasteiger partial charge in [0.15, 0.2) is 5.82 Å². The Morgan fingerprint density at radius 1 is 1.18 bits per heavy atom. The molecule has 1 rings (SSSR count). The van der Waals surface area contributed by atoms with Crippen molar-refractivity contribution in [2.24, 2.45) is 5.92 Å². The highest BCUT2D eigenvalue weighted by molar-refractivity contribution is 4.87. The molecule has 0 radical (unpaired) electrons. The van der Waals surface area contributed by atoms with Gasteiger partial charge in [-0.05, 0) is 25.3 Å². The summed E-state index contributed by atoms with van der Waals surface area (Å²) >= 11 is 0. The molecule has 0 aliphatic rings. The van der Waals surface area contributed by atoms with Gasteiger partial charge in [0.2, 0.25) is 5.89 Å². The van der Waals surface area contributed by atoms with Crippen molar-refractivity contribution in [3.8, 4) is 0 Å². The van der Waals surface area contributed by atoms with Crippen LogP contribution in [0, 0.1) is 5.92 Å². The summed E-state index contributed by atoms with van der Waals surface area (Å²) < 4.78 is 5.22. The topological polar surface area (TPSA) is 51.0 Å². The van der Waals surface area contributed by atoms with Gasteiger partial charge in [-0.15, -0.1) is 0 Å². The van der Waals surface area contributed by atoms with Crippen molar-refractivity contribution in [1.29, 1.82) is 0 Å². The van der Waals surface area contributed by atoms with Crippen LogP contribution in [-0.2, 0) is 12.8 Å². The molecule has 1 aromatic rings. The lowest BCUT2D eigenvalue weighted by molar-refractivity contribution is 0.367. The van der Waals surface area contributed by atoms with E-state index in [2.05, 4.69) is 43.2 Å². The molecule has 4 heteroatoms. The number of nitrogens with zero attached hydrogens (tertiary/aromatic N) is 2. The minimum Gasteiger partial charge on any atom is -0.339 e. The lowest BCUT2D eigenvalue weighted by Gasteiger charge is -2.05. The molecule has 1 heterocycles. The Labute approximate surface area is 104 Å². The van der Waals surface area contributed by atoms with Crippen molar-refractivity contribution in [1.82, 2.24) is 15.5 Å². The molecule has 0 fully saturated rings. The second-order valence-corrected chi connectivity index (χ2v) is 5.25. The molecule has 0 unspecified atom stereocenters. The zero-order chi connectivity index (χ0) is 12.7. The van der Waals surface area contributed by atoms with Crippen LogP contribution in [0.1, 0.15) is 52.3 Å². The highest BCUT2D eigenvalue weighted by atomic mass is 16.5. The maximum Gasteiger partial charge on any atom is 0.226 e. The quantitative estimate of drug-likeness (QED) is 0.708. The second-order valence-electron chi connectivity index (χ2n) is 5.25.